The smallest absolute Gasteiger partial charge is 0.0340 e. The Hall–Kier alpha value is -0.980. The van der Waals surface area contributed by atoms with Gasteiger partial charge in [0.1, 0.15) is 0 Å². The second-order valence-corrected chi connectivity index (χ2v) is 8.78. The molecule has 1 aromatic rings. The van der Waals surface area contributed by atoms with E-state index in [2.05, 4.69) is 49.5 Å². The molecule has 0 saturated carbocycles. The Morgan fingerprint density at radius 1 is 0.556 bits per heavy atom. The molecule has 0 spiro atoms. The fourth-order valence-electron chi connectivity index (χ4n) is 3.76. The Balaban J connectivity index is 1.69. The molecule has 1 nitrogen and oxygen atoms in total. The summed E-state index contributed by atoms with van der Waals surface area (Å²) in [5.74, 6) is 0.890. The lowest BCUT2D eigenvalue weighted by Crippen LogP contribution is -2.00. The van der Waals surface area contributed by atoms with E-state index in [1.54, 1.807) is 0 Å². The van der Waals surface area contributed by atoms with Crippen LogP contribution in [0.2, 0.25) is 0 Å². The zero-order chi connectivity index (χ0) is 19.4. The van der Waals surface area contributed by atoms with Gasteiger partial charge < -0.3 is 5.32 Å². The summed E-state index contributed by atoms with van der Waals surface area (Å²) < 4.78 is 0. The summed E-state index contributed by atoms with van der Waals surface area (Å²) in [6, 6.07) is 10.6. The van der Waals surface area contributed by atoms with Crippen LogP contribution in [0.1, 0.15) is 117 Å². The third kappa shape index (κ3) is 16.9. The summed E-state index contributed by atoms with van der Waals surface area (Å²) in [5.41, 5.74) is 1.25. The number of hydrogen-bond donors (Lipinski definition) is 1. The molecule has 1 rings (SSSR count). The molecule has 0 unspecified atom stereocenters. The Morgan fingerprint density at radius 2 is 0.963 bits per heavy atom. The number of rotatable bonds is 19. The monoisotopic (exact) mass is 373 g/mol. The van der Waals surface area contributed by atoms with E-state index in [1.807, 2.05) is 0 Å². The van der Waals surface area contributed by atoms with Crippen LogP contribution < -0.4 is 5.32 Å². The highest BCUT2D eigenvalue weighted by molar-refractivity contribution is 5.42. The minimum atomic E-state index is 0.890. The minimum absolute atomic E-state index is 0.890. The molecular formula is C26H47N. The van der Waals surface area contributed by atoms with Gasteiger partial charge in [-0.05, 0) is 24.5 Å². The van der Waals surface area contributed by atoms with Crippen molar-refractivity contribution < 1.29 is 0 Å². The number of benzene rings is 1. The Morgan fingerprint density at radius 3 is 1.41 bits per heavy atom. The molecule has 0 aliphatic heterocycles. The molecule has 1 aromatic carbocycles. The van der Waals surface area contributed by atoms with Gasteiger partial charge in [-0.3, -0.25) is 0 Å². The molecule has 0 amide bonds. The van der Waals surface area contributed by atoms with Crippen molar-refractivity contribution in [1.29, 1.82) is 0 Å². The van der Waals surface area contributed by atoms with Crippen LogP contribution >= 0.6 is 0 Å². The fraction of sp³-hybridized carbons (Fsp3) is 0.769. The second-order valence-electron chi connectivity index (χ2n) is 8.78. The van der Waals surface area contributed by atoms with E-state index in [4.69, 9.17) is 0 Å². The van der Waals surface area contributed by atoms with Crippen LogP contribution in [0.3, 0.4) is 0 Å². The van der Waals surface area contributed by atoms with Crippen LogP contribution in [0.4, 0.5) is 5.69 Å². The summed E-state index contributed by atoms with van der Waals surface area (Å²) in [4.78, 5) is 0. The van der Waals surface area contributed by atoms with Crippen molar-refractivity contribution in [3.8, 4) is 0 Å². The highest BCUT2D eigenvalue weighted by Gasteiger charge is 1.96. The van der Waals surface area contributed by atoms with Crippen LogP contribution in [0, 0.1) is 5.92 Å². The number of unbranched alkanes of at least 4 members (excludes halogenated alkanes) is 14. The molecule has 1 N–H and O–H groups in total. The molecule has 156 valence electrons. The number of para-hydroxylation sites is 1. The molecule has 0 heterocycles. The predicted octanol–water partition coefficient (Wildman–Crippen LogP) is 9.00. The molecule has 0 radical (unpaired) electrons. The van der Waals surface area contributed by atoms with Gasteiger partial charge in [0.05, 0.1) is 0 Å². The zero-order valence-electron chi connectivity index (χ0n) is 18.5. The lowest BCUT2D eigenvalue weighted by Gasteiger charge is -2.06. The van der Waals surface area contributed by atoms with Crippen LogP contribution in [0.15, 0.2) is 30.3 Å². The lowest BCUT2D eigenvalue weighted by molar-refractivity contribution is 0.502. The standard InChI is InChI=1S/C26H47N/c1-25(2)21-17-14-12-10-8-6-4-3-5-7-9-11-13-15-20-24-27-26-22-18-16-19-23-26/h16,18-19,22-23,25,27H,3-15,17,20-21,24H2,1-2H3. The largest absolute Gasteiger partial charge is 0.385 e. The van der Waals surface area contributed by atoms with E-state index in [0.29, 0.717) is 0 Å². The maximum absolute atomic E-state index is 3.50. The highest BCUT2D eigenvalue weighted by atomic mass is 14.9. The van der Waals surface area contributed by atoms with Gasteiger partial charge in [0, 0.05) is 12.2 Å². The van der Waals surface area contributed by atoms with Gasteiger partial charge in [0.2, 0.25) is 0 Å². The zero-order valence-corrected chi connectivity index (χ0v) is 18.5. The first-order valence-corrected chi connectivity index (χ1v) is 12.1. The van der Waals surface area contributed by atoms with Crippen molar-refractivity contribution >= 4 is 5.69 Å². The molecular weight excluding hydrogens is 326 g/mol. The average Bonchev–Trinajstić information content (AvgIpc) is 2.67. The summed E-state index contributed by atoms with van der Waals surface area (Å²) in [5, 5.41) is 3.50. The third-order valence-corrected chi connectivity index (χ3v) is 5.56. The Labute approximate surface area is 170 Å². The van der Waals surface area contributed by atoms with Crippen molar-refractivity contribution in [3.63, 3.8) is 0 Å². The van der Waals surface area contributed by atoms with E-state index in [9.17, 15) is 0 Å². The van der Waals surface area contributed by atoms with Crippen LogP contribution in [0.25, 0.3) is 0 Å². The van der Waals surface area contributed by atoms with Crippen molar-refractivity contribution in [2.45, 2.75) is 117 Å². The van der Waals surface area contributed by atoms with E-state index >= 15 is 0 Å². The predicted molar refractivity (Wildman–Crippen MR) is 124 cm³/mol. The van der Waals surface area contributed by atoms with Crippen molar-refractivity contribution in [3.05, 3.63) is 30.3 Å². The van der Waals surface area contributed by atoms with E-state index in [1.165, 1.54) is 108 Å². The van der Waals surface area contributed by atoms with Gasteiger partial charge in [-0.25, -0.2) is 0 Å². The molecule has 27 heavy (non-hydrogen) atoms. The second kappa shape index (κ2) is 18.4. The molecule has 0 saturated heterocycles. The number of nitrogens with one attached hydrogen (secondary N) is 1. The van der Waals surface area contributed by atoms with Crippen LogP contribution in [-0.2, 0) is 0 Å². The maximum Gasteiger partial charge on any atom is 0.0340 e. The average molecular weight is 374 g/mol. The molecule has 0 fully saturated rings. The van der Waals surface area contributed by atoms with Crippen molar-refractivity contribution in [1.82, 2.24) is 0 Å². The Kier molecular flexibility index (Phi) is 16.4. The molecule has 0 aliphatic carbocycles. The van der Waals surface area contributed by atoms with Gasteiger partial charge >= 0.3 is 0 Å². The number of hydrogen-bond acceptors (Lipinski definition) is 1. The maximum atomic E-state index is 3.50. The lowest BCUT2D eigenvalue weighted by atomic mass is 10.0. The molecule has 0 aliphatic rings. The topological polar surface area (TPSA) is 12.0 Å². The SMILES string of the molecule is CC(C)CCCCCCCCCCCCCCCCCNc1ccccc1. The van der Waals surface area contributed by atoms with Gasteiger partial charge in [-0.15, -0.1) is 0 Å². The van der Waals surface area contributed by atoms with E-state index in [0.717, 1.165) is 12.5 Å². The van der Waals surface area contributed by atoms with Crippen molar-refractivity contribution in [2.75, 3.05) is 11.9 Å². The third-order valence-electron chi connectivity index (χ3n) is 5.56. The summed E-state index contributed by atoms with van der Waals surface area (Å²) >= 11 is 0. The van der Waals surface area contributed by atoms with Crippen molar-refractivity contribution in [2.24, 2.45) is 5.92 Å². The first kappa shape index (κ1) is 24.1. The molecule has 0 atom stereocenters. The normalized spacial score (nSPS) is 11.2. The van der Waals surface area contributed by atoms with Gasteiger partial charge in [0.15, 0.2) is 0 Å². The van der Waals surface area contributed by atoms with Gasteiger partial charge in [0.25, 0.3) is 0 Å². The van der Waals surface area contributed by atoms with E-state index < -0.39 is 0 Å². The Bertz CT molecular complexity index is 398. The van der Waals surface area contributed by atoms with Crippen LogP contribution in [0.5, 0.6) is 0 Å². The van der Waals surface area contributed by atoms with Gasteiger partial charge in [-0.2, -0.15) is 0 Å². The van der Waals surface area contributed by atoms with E-state index in [-0.39, 0.29) is 0 Å². The quantitative estimate of drug-likeness (QED) is 0.238. The fourth-order valence-corrected chi connectivity index (χ4v) is 3.76. The number of anilines is 1. The molecule has 0 bridgehead atoms. The molecule has 0 aromatic heterocycles. The summed E-state index contributed by atoms with van der Waals surface area (Å²) in [6.07, 6.45) is 23.0. The summed E-state index contributed by atoms with van der Waals surface area (Å²) in [7, 11) is 0. The highest BCUT2D eigenvalue weighted by Crippen LogP contribution is 2.15. The first-order chi connectivity index (χ1) is 13.3. The van der Waals surface area contributed by atoms with Crippen LogP contribution in [-0.4, -0.2) is 6.54 Å². The summed E-state index contributed by atoms with van der Waals surface area (Å²) in [6.45, 7) is 5.79. The van der Waals surface area contributed by atoms with Gasteiger partial charge in [-0.1, -0.05) is 128 Å². The minimum Gasteiger partial charge on any atom is -0.385 e. The molecule has 1 heteroatoms. The first-order valence-electron chi connectivity index (χ1n) is 12.1.